The molecule has 1 aromatic carbocycles. The van der Waals surface area contributed by atoms with E-state index in [4.69, 9.17) is 0 Å². The van der Waals surface area contributed by atoms with Crippen molar-refractivity contribution in [2.45, 2.75) is 31.8 Å². The quantitative estimate of drug-likeness (QED) is 0.926. The van der Waals surface area contributed by atoms with E-state index in [9.17, 15) is 0 Å². The van der Waals surface area contributed by atoms with Crippen LogP contribution in [0.15, 0.2) is 47.2 Å². The van der Waals surface area contributed by atoms with Gasteiger partial charge in [0.15, 0.2) is 0 Å². The average molecular weight is 300 g/mol. The van der Waals surface area contributed by atoms with E-state index in [-0.39, 0.29) is 0 Å². The molecular formula is C18H24N2S. The number of benzene rings is 1. The van der Waals surface area contributed by atoms with Crippen molar-refractivity contribution in [3.8, 4) is 0 Å². The minimum Gasteiger partial charge on any atom is -0.312 e. The second kappa shape index (κ2) is 7.21. The van der Waals surface area contributed by atoms with Crippen LogP contribution in [0.3, 0.4) is 0 Å². The molecule has 0 spiro atoms. The van der Waals surface area contributed by atoms with Crippen molar-refractivity contribution in [3.63, 3.8) is 0 Å². The fraction of sp³-hybridized carbons (Fsp3) is 0.444. The average Bonchev–Trinajstić information content (AvgIpc) is 2.95. The Morgan fingerprint density at radius 2 is 2.14 bits per heavy atom. The largest absolute Gasteiger partial charge is 0.312 e. The van der Waals surface area contributed by atoms with Gasteiger partial charge >= 0.3 is 0 Å². The first-order chi connectivity index (χ1) is 10.3. The van der Waals surface area contributed by atoms with Crippen LogP contribution in [-0.4, -0.2) is 30.6 Å². The van der Waals surface area contributed by atoms with Crippen molar-refractivity contribution in [3.05, 3.63) is 58.3 Å². The zero-order chi connectivity index (χ0) is 14.5. The van der Waals surface area contributed by atoms with Crippen LogP contribution < -0.4 is 5.32 Å². The summed E-state index contributed by atoms with van der Waals surface area (Å²) in [6.07, 6.45) is 2.35. The van der Waals surface area contributed by atoms with Crippen LogP contribution in [0.2, 0.25) is 0 Å². The Hall–Kier alpha value is -1.16. The van der Waals surface area contributed by atoms with Gasteiger partial charge in [0.1, 0.15) is 0 Å². The van der Waals surface area contributed by atoms with Gasteiger partial charge in [0.05, 0.1) is 0 Å². The molecule has 2 atom stereocenters. The summed E-state index contributed by atoms with van der Waals surface area (Å²) in [5.74, 6) is 0. The third-order valence-electron chi connectivity index (χ3n) is 4.41. The van der Waals surface area contributed by atoms with E-state index < -0.39 is 0 Å². The summed E-state index contributed by atoms with van der Waals surface area (Å²) in [5.41, 5.74) is 2.89. The molecule has 1 saturated heterocycles. The van der Waals surface area contributed by atoms with Crippen LogP contribution >= 0.6 is 11.3 Å². The lowest BCUT2D eigenvalue weighted by Gasteiger charge is -2.30. The van der Waals surface area contributed by atoms with Crippen LogP contribution in [0.25, 0.3) is 0 Å². The number of hydrogen-bond acceptors (Lipinski definition) is 3. The SMILES string of the molecule is CC(c1ccsc1)N1CCCNC(Cc2ccccc2)C1. The van der Waals surface area contributed by atoms with Crippen LogP contribution in [0.1, 0.15) is 30.5 Å². The highest BCUT2D eigenvalue weighted by molar-refractivity contribution is 7.07. The van der Waals surface area contributed by atoms with E-state index in [1.165, 1.54) is 24.1 Å². The van der Waals surface area contributed by atoms with Gasteiger partial charge in [0.2, 0.25) is 0 Å². The molecular weight excluding hydrogens is 276 g/mol. The molecule has 1 aromatic heterocycles. The second-order valence-electron chi connectivity index (χ2n) is 5.92. The Kier molecular flexibility index (Phi) is 5.07. The maximum atomic E-state index is 3.72. The smallest absolute Gasteiger partial charge is 0.0328 e. The van der Waals surface area contributed by atoms with Gasteiger partial charge in [0, 0.05) is 25.2 Å². The zero-order valence-electron chi connectivity index (χ0n) is 12.7. The number of nitrogens with one attached hydrogen (secondary N) is 1. The van der Waals surface area contributed by atoms with Gasteiger partial charge in [-0.3, -0.25) is 4.90 Å². The molecule has 0 saturated carbocycles. The fourth-order valence-electron chi connectivity index (χ4n) is 3.14. The summed E-state index contributed by atoms with van der Waals surface area (Å²) in [4.78, 5) is 2.63. The number of hydrogen-bond donors (Lipinski definition) is 1. The van der Waals surface area contributed by atoms with Crippen molar-refractivity contribution in [2.24, 2.45) is 0 Å². The number of nitrogens with zero attached hydrogens (tertiary/aromatic N) is 1. The summed E-state index contributed by atoms with van der Waals surface area (Å²) in [6.45, 7) is 5.79. The molecule has 1 aliphatic heterocycles. The summed E-state index contributed by atoms with van der Waals surface area (Å²) >= 11 is 1.80. The van der Waals surface area contributed by atoms with Crippen molar-refractivity contribution in [1.29, 1.82) is 0 Å². The molecule has 0 bridgehead atoms. The van der Waals surface area contributed by atoms with Crippen molar-refractivity contribution >= 4 is 11.3 Å². The second-order valence-corrected chi connectivity index (χ2v) is 6.70. The summed E-state index contributed by atoms with van der Waals surface area (Å²) in [5, 5.41) is 8.19. The van der Waals surface area contributed by atoms with Crippen LogP contribution in [0, 0.1) is 0 Å². The monoisotopic (exact) mass is 300 g/mol. The van der Waals surface area contributed by atoms with Crippen molar-refractivity contribution < 1.29 is 0 Å². The molecule has 1 N–H and O–H groups in total. The lowest BCUT2D eigenvalue weighted by molar-refractivity contribution is 0.206. The molecule has 3 heteroatoms. The van der Waals surface area contributed by atoms with Gasteiger partial charge in [0.25, 0.3) is 0 Å². The predicted molar refractivity (Wildman–Crippen MR) is 90.9 cm³/mol. The van der Waals surface area contributed by atoms with Gasteiger partial charge < -0.3 is 5.32 Å². The molecule has 1 fully saturated rings. The zero-order valence-corrected chi connectivity index (χ0v) is 13.5. The Morgan fingerprint density at radius 1 is 1.29 bits per heavy atom. The Bertz CT molecular complexity index is 523. The van der Waals surface area contributed by atoms with E-state index >= 15 is 0 Å². The molecule has 0 aliphatic carbocycles. The highest BCUT2D eigenvalue weighted by Crippen LogP contribution is 2.24. The van der Waals surface area contributed by atoms with Crippen LogP contribution in [-0.2, 0) is 6.42 Å². The van der Waals surface area contributed by atoms with Crippen LogP contribution in [0.4, 0.5) is 0 Å². The van der Waals surface area contributed by atoms with Gasteiger partial charge in [-0.25, -0.2) is 0 Å². The summed E-state index contributed by atoms with van der Waals surface area (Å²) < 4.78 is 0. The van der Waals surface area contributed by atoms with Crippen molar-refractivity contribution in [1.82, 2.24) is 10.2 Å². The molecule has 112 valence electrons. The molecule has 2 heterocycles. The lowest BCUT2D eigenvalue weighted by Crippen LogP contribution is -2.40. The maximum Gasteiger partial charge on any atom is 0.0328 e. The Balaban J connectivity index is 1.66. The molecule has 21 heavy (non-hydrogen) atoms. The fourth-order valence-corrected chi connectivity index (χ4v) is 3.88. The van der Waals surface area contributed by atoms with E-state index in [1.807, 2.05) is 0 Å². The third-order valence-corrected chi connectivity index (χ3v) is 5.11. The summed E-state index contributed by atoms with van der Waals surface area (Å²) in [7, 11) is 0. The van der Waals surface area contributed by atoms with E-state index in [1.54, 1.807) is 11.3 Å². The highest BCUT2D eigenvalue weighted by Gasteiger charge is 2.22. The van der Waals surface area contributed by atoms with Gasteiger partial charge in [-0.1, -0.05) is 30.3 Å². The van der Waals surface area contributed by atoms with Crippen LogP contribution in [0.5, 0.6) is 0 Å². The number of thiophene rings is 1. The van der Waals surface area contributed by atoms with E-state index in [0.29, 0.717) is 12.1 Å². The maximum absolute atomic E-state index is 3.72. The first-order valence-corrected chi connectivity index (χ1v) is 8.80. The number of rotatable bonds is 4. The molecule has 1 aliphatic rings. The Morgan fingerprint density at radius 3 is 2.90 bits per heavy atom. The first-order valence-electron chi connectivity index (χ1n) is 7.86. The normalized spacial score (nSPS) is 21.9. The molecule has 2 unspecified atom stereocenters. The predicted octanol–water partition coefficient (Wildman–Crippen LogP) is 3.72. The topological polar surface area (TPSA) is 15.3 Å². The minimum absolute atomic E-state index is 0.523. The van der Waals surface area contributed by atoms with E-state index in [0.717, 1.165) is 19.5 Å². The summed E-state index contributed by atoms with van der Waals surface area (Å²) in [6, 6.07) is 14.2. The standard InChI is InChI=1S/C18H24N2S/c1-15(17-8-11-21-14-17)20-10-5-9-19-18(13-20)12-16-6-3-2-4-7-16/h2-4,6-8,11,14-15,18-19H,5,9-10,12-13H2,1H3. The van der Waals surface area contributed by atoms with Gasteiger partial charge in [-0.2, -0.15) is 11.3 Å². The lowest BCUT2D eigenvalue weighted by atomic mass is 10.0. The van der Waals surface area contributed by atoms with Gasteiger partial charge in [-0.05, 0) is 54.3 Å². The first kappa shape index (κ1) is 14.8. The molecule has 3 rings (SSSR count). The minimum atomic E-state index is 0.523. The highest BCUT2D eigenvalue weighted by atomic mass is 32.1. The third kappa shape index (κ3) is 3.94. The molecule has 0 amide bonds. The van der Waals surface area contributed by atoms with Crippen molar-refractivity contribution in [2.75, 3.05) is 19.6 Å². The Labute approximate surface area is 131 Å². The van der Waals surface area contributed by atoms with E-state index in [2.05, 4.69) is 64.3 Å². The van der Waals surface area contributed by atoms with Gasteiger partial charge in [-0.15, -0.1) is 0 Å². The molecule has 0 radical (unpaired) electrons. The molecule has 2 nitrogen and oxygen atoms in total. The molecule has 2 aromatic rings.